The molecule has 0 N–H and O–H groups in total. The van der Waals surface area contributed by atoms with Crippen LogP contribution in [-0.2, 0) is 4.74 Å². The Bertz CT molecular complexity index is 596. The van der Waals surface area contributed by atoms with Crippen LogP contribution >= 0.6 is 31.9 Å². The van der Waals surface area contributed by atoms with E-state index in [2.05, 4.69) is 31.9 Å². The number of hydrogen-bond donors (Lipinski definition) is 0. The van der Waals surface area contributed by atoms with Crippen LogP contribution in [0.15, 0.2) is 57.5 Å². The van der Waals surface area contributed by atoms with Crippen molar-refractivity contribution < 1.29 is 14.3 Å². The van der Waals surface area contributed by atoms with E-state index < -0.39 is 5.97 Å². The van der Waals surface area contributed by atoms with Gasteiger partial charge in [-0.15, -0.1) is 0 Å². The Morgan fingerprint density at radius 3 is 2.05 bits per heavy atom. The average molecular weight is 398 g/mol. The Kier molecular flexibility index (Phi) is 5.09. The highest BCUT2D eigenvalue weighted by molar-refractivity contribution is 9.10. The molecule has 0 heterocycles. The zero-order valence-corrected chi connectivity index (χ0v) is 13.5. The molecule has 0 amide bonds. The van der Waals surface area contributed by atoms with Gasteiger partial charge in [-0.1, -0.05) is 50.1 Å². The molecule has 0 spiro atoms. The first-order valence-electron chi connectivity index (χ1n) is 5.78. The number of ketones is 1. The predicted octanol–water partition coefficient (Wildman–Crippen LogP) is 4.25. The quantitative estimate of drug-likeness (QED) is 0.572. The molecule has 0 aliphatic carbocycles. The molecule has 102 valence electrons. The summed E-state index contributed by atoms with van der Waals surface area (Å²) < 4.78 is 6.60. The number of esters is 1. The monoisotopic (exact) mass is 396 g/mol. The summed E-state index contributed by atoms with van der Waals surface area (Å²) in [7, 11) is 0. The van der Waals surface area contributed by atoms with Crippen molar-refractivity contribution in [2.45, 2.75) is 0 Å². The van der Waals surface area contributed by atoms with E-state index in [-0.39, 0.29) is 12.4 Å². The molecule has 2 aromatic carbocycles. The predicted molar refractivity (Wildman–Crippen MR) is 82.9 cm³/mol. The Balaban J connectivity index is 1.98. The van der Waals surface area contributed by atoms with E-state index in [0.29, 0.717) is 11.1 Å². The molecular formula is C15H10Br2O3. The molecule has 0 aliphatic heterocycles. The first kappa shape index (κ1) is 14.9. The van der Waals surface area contributed by atoms with E-state index in [1.54, 1.807) is 36.4 Å². The maximum atomic E-state index is 11.9. The summed E-state index contributed by atoms with van der Waals surface area (Å²) in [5.41, 5.74) is 0.905. The van der Waals surface area contributed by atoms with E-state index in [1.807, 2.05) is 12.1 Å². The van der Waals surface area contributed by atoms with Crippen LogP contribution in [0.5, 0.6) is 0 Å². The Morgan fingerprint density at radius 1 is 0.900 bits per heavy atom. The summed E-state index contributed by atoms with van der Waals surface area (Å²) in [5, 5.41) is 0. The van der Waals surface area contributed by atoms with Crippen molar-refractivity contribution in [1.82, 2.24) is 0 Å². The minimum absolute atomic E-state index is 0.241. The van der Waals surface area contributed by atoms with Gasteiger partial charge in [0, 0.05) is 14.5 Å². The van der Waals surface area contributed by atoms with Gasteiger partial charge in [0.25, 0.3) is 0 Å². The van der Waals surface area contributed by atoms with E-state index in [0.717, 1.165) is 8.95 Å². The molecule has 0 aromatic heterocycles. The van der Waals surface area contributed by atoms with Gasteiger partial charge in [0.1, 0.15) is 0 Å². The third-order valence-corrected chi connectivity index (χ3v) is 3.53. The molecule has 0 radical (unpaired) electrons. The lowest BCUT2D eigenvalue weighted by Gasteiger charge is -2.05. The molecule has 0 fully saturated rings. The van der Waals surface area contributed by atoms with Gasteiger partial charge in [-0.05, 0) is 30.3 Å². The summed E-state index contributed by atoms with van der Waals surface area (Å²) >= 11 is 6.57. The van der Waals surface area contributed by atoms with Crippen molar-refractivity contribution in [3.05, 3.63) is 68.6 Å². The second-order valence-corrected chi connectivity index (χ2v) is 5.85. The zero-order chi connectivity index (χ0) is 14.5. The maximum Gasteiger partial charge on any atom is 0.338 e. The molecule has 20 heavy (non-hydrogen) atoms. The van der Waals surface area contributed by atoms with E-state index >= 15 is 0 Å². The van der Waals surface area contributed by atoms with Gasteiger partial charge in [-0.3, -0.25) is 4.79 Å². The number of hydrogen-bond acceptors (Lipinski definition) is 3. The number of carbonyl (C=O) groups excluding carboxylic acids is 2. The van der Waals surface area contributed by atoms with Gasteiger partial charge in [-0.25, -0.2) is 4.79 Å². The van der Waals surface area contributed by atoms with Crippen LogP contribution in [0.25, 0.3) is 0 Å². The lowest BCUT2D eigenvalue weighted by Crippen LogP contribution is -2.14. The largest absolute Gasteiger partial charge is 0.454 e. The Labute approximate surface area is 133 Å². The highest BCUT2D eigenvalue weighted by Crippen LogP contribution is 2.14. The molecule has 5 heteroatoms. The van der Waals surface area contributed by atoms with Crippen molar-refractivity contribution in [2.75, 3.05) is 6.61 Å². The van der Waals surface area contributed by atoms with Crippen molar-refractivity contribution in [3.8, 4) is 0 Å². The molecule has 3 nitrogen and oxygen atoms in total. The smallest absolute Gasteiger partial charge is 0.338 e. The molecule has 2 rings (SSSR count). The fraction of sp³-hybridized carbons (Fsp3) is 0.0667. The number of halogens is 2. The lowest BCUT2D eigenvalue weighted by atomic mass is 10.1. The molecule has 0 aliphatic rings. The maximum absolute atomic E-state index is 11.9. The standard InChI is InChI=1S/C15H10Br2O3/c16-12-5-1-3-10(7-12)14(18)9-20-15(19)11-4-2-6-13(17)8-11/h1-8H,9H2. The minimum atomic E-state index is -0.519. The van der Waals surface area contributed by atoms with Gasteiger partial charge >= 0.3 is 5.97 Å². The van der Waals surface area contributed by atoms with Crippen LogP contribution < -0.4 is 0 Å². The van der Waals surface area contributed by atoms with Crippen LogP contribution in [0.3, 0.4) is 0 Å². The van der Waals surface area contributed by atoms with Crippen LogP contribution in [0, 0.1) is 0 Å². The molecule has 0 atom stereocenters. The van der Waals surface area contributed by atoms with Gasteiger partial charge in [0.15, 0.2) is 12.4 Å². The number of ether oxygens (including phenoxy) is 1. The second-order valence-electron chi connectivity index (χ2n) is 4.02. The van der Waals surface area contributed by atoms with Gasteiger partial charge in [0.2, 0.25) is 0 Å². The number of rotatable bonds is 4. The third-order valence-electron chi connectivity index (χ3n) is 2.54. The van der Waals surface area contributed by atoms with Gasteiger partial charge < -0.3 is 4.74 Å². The van der Waals surface area contributed by atoms with E-state index in [1.165, 1.54) is 0 Å². The van der Waals surface area contributed by atoms with Crippen LogP contribution in [0.2, 0.25) is 0 Å². The average Bonchev–Trinajstić information content (AvgIpc) is 2.44. The first-order valence-corrected chi connectivity index (χ1v) is 7.36. The van der Waals surface area contributed by atoms with Crippen molar-refractivity contribution in [3.63, 3.8) is 0 Å². The van der Waals surface area contributed by atoms with Gasteiger partial charge in [0.05, 0.1) is 5.56 Å². The summed E-state index contributed by atoms with van der Waals surface area (Å²) in [4.78, 5) is 23.7. The van der Waals surface area contributed by atoms with Crippen LogP contribution in [0.4, 0.5) is 0 Å². The topological polar surface area (TPSA) is 43.4 Å². The molecule has 0 unspecified atom stereocenters. The van der Waals surface area contributed by atoms with Crippen LogP contribution in [-0.4, -0.2) is 18.4 Å². The summed E-state index contributed by atoms with van der Waals surface area (Å²) in [5.74, 6) is -0.760. The van der Waals surface area contributed by atoms with Crippen LogP contribution in [0.1, 0.15) is 20.7 Å². The summed E-state index contributed by atoms with van der Waals surface area (Å²) in [6.45, 7) is -0.276. The number of carbonyl (C=O) groups is 2. The lowest BCUT2D eigenvalue weighted by molar-refractivity contribution is 0.0474. The third kappa shape index (κ3) is 4.02. The Hall–Kier alpha value is -1.46. The normalized spacial score (nSPS) is 10.1. The molecular weight excluding hydrogens is 388 g/mol. The minimum Gasteiger partial charge on any atom is -0.454 e. The number of benzene rings is 2. The highest BCUT2D eigenvalue weighted by atomic mass is 79.9. The molecule has 0 saturated heterocycles. The molecule has 0 bridgehead atoms. The summed E-state index contributed by atoms with van der Waals surface area (Å²) in [6.07, 6.45) is 0. The SMILES string of the molecule is O=C(COC(=O)c1cccc(Br)c1)c1cccc(Br)c1. The summed E-state index contributed by atoms with van der Waals surface area (Å²) in [6, 6.07) is 13.8. The van der Waals surface area contributed by atoms with E-state index in [4.69, 9.17) is 4.74 Å². The fourth-order valence-electron chi connectivity index (χ4n) is 1.58. The van der Waals surface area contributed by atoms with Crippen molar-refractivity contribution >= 4 is 43.6 Å². The first-order chi connectivity index (χ1) is 9.56. The van der Waals surface area contributed by atoms with E-state index in [9.17, 15) is 9.59 Å². The highest BCUT2D eigenvalue weighted by Gasteiger charge is 2.12. The fourth-order valence-corrected chi connectivity index (χ4v) is 2.37. The van der Waals surface area contributed by atoms with Crippen molar-refractivity contribution in [2.24, 2.45) is 0 Å². The Morgan fingerprint density at radius 2 is 1.45 bits per heavy atom. The van der Waals surface area contributed by atoms with Crippen molar-refractivity contribution in [1.29, 1.82) is 0 Å². The number of Topliss-reactive ketones (excluding diaryl/α,β-unsaturated/α-hetero) is 1. The van der Waals surface area contributed by atoms with Gasteiger partial charge in [-0.2, -0.15) is 0 Å². The zero-order valence-electron chi connectivity index (χ0n) is 10.3. The molecule has 2 aromatic rings. The second kappa shape index (κ2) is 6.81. The molecule has 0 saturated carbocycles.